The second kappa shape index (κ2) is 8.24. The van der Waals surface area contributed by atoms with Crippen LogP contribution in [0, 0.1) is 19.7 Å². The number of furan rings is 1. The summed E-state index contributed by atoms with van der Waals surface area (Å²) in [4.78, 5) is 6.75. The van der Waals surface area contributed by atoms with Gasteiger partial charge in [-0.05, 0) is 80.2 Å². The van der Waals surface area contributed by atoms with Gasteiger partial charge in [-0.3, -0.25) is 4.98 Å². The number of hydrogen-bond donors (Lipinski definition) is 1. The highest BCUT2D eigenvalue weighted by Crippen LogP contribution is 2.42. The van der Waals surface area contributed by atoms with Crippen LogP contribution in [-0.4, -0.2) is 19.6 Å². The number of hydrogen-bond acceptors (Lipinski definition) is 3. The zero-order valence-corrected chi connectivity index (χ0v) is 18.6. The number of nitrogens with zero attached hydrogens (tertiary/aromatic N) is 3. The minimum Gasteiger partial charge on any atom is -0.467 e. The minimum absolute atomic E-state index is 0.101. The molecule has 32 heavy (non-hydrogen) atoms. The molecule has 1 aliphatic rings. The van der Waals surface area contributed by atoms with Crippen LogP contribution < -0.4 is 5.32 Å². The summed E-state index contributed by atoms with van der Waals surface area (Å²) in [6, 6.07) is 18.3. The fourth-order valence-electron chi connectivity index (χ4n) is 4.58. The van der Waals surface area contributed by atoms with E-state index in [1.54, 1.807) is 24.6 Å². The van der Waals surface area contributed by atoms with Gasteiger partial charge in [-0.2, -0.15) is 0 Å². The van der Waals surface area contributed by atoms with Gasteiger partial charge in [0, 0.05) is 23.3 Å². The topological polar surface area (TPSA) is 46.2 Å². The first-order valence-corrected chi connectivity index (χ1v) is 10.9. The molecule has 7 heteroatoms. The van der Waals surface area contributed by atoms with E-state index in [9.17, 15) is 4.39 Å². The molecule has 0 spiro atoms. The van der Waals surface area contributed by atoms with Crippen molar-refractivity contribution < 1.29 is 8.81 Å². The van der Waals surface area contributed by atoms with E-state index in [4.69, 9.17) is 16.6 Å². The van der Waals surface area contributed by atoms with E-state index >= 15 is 0 Å². The number of rotatable bonds is 5. The lowest BCUT2D eigenvalue weighted by Gasteiger charge is -2.27. The fraction of sp³-hybridized carbons (Fsp3) is 0.200. The van der Waals surface area contributed by atoms with E-state index in [-0.39, 0.29) is 17.9 Å². The third-order valence-electron chi connectivity index (χ3n) is 5.96. The lowest BCUT2D eigenvalue weighted by Crippen LogP contribution is -2.29. The zero-order chi connectivity index (χ0) is 22.2. The van der Waals surface area contributed by atoms with Crippen molar-refractivity contribution >= 4 is 17.3 Å². The Hall–Kier alpha value is -3.45. The number of aromatic nitrogens is 2. The summed E-state index contributed by atoms with van der Waals surface area (Å²) >= 11 is 5.75. The largest absolute Gasteiger partial charge is 0.467 e. The van der Waals surface area contributed by atoms with E-state index in [1.807, 2.05) is 43.3 Å². The Kier molecular flexibility index (Phi) is 5.27. The summed E-state index contributed by atoms with van der Waals surface area (Å²) in [6.07, 6.45) is 3.46. The molecule has 1 fully saturated rings. The molecule has 4 heterocycles. The first kappa shape index (κ1) is 20.5. The first-order valence-electron chi connectivity index (χ1n) is 10.5. The monoisotopic (exact) mass is 446 g/mol. The maximum absolute atomic E-state index is 14.0. The van der Waals surface area contributed by atoms with Gasteiger partial charge in [0.25, 0.3) is 0 Å². The van der Waals surface area contributed by atoms with Gasteiger partial charge < -0.3 is 19.2 Å². The molecule has 0 aliphatic carbocycles. The Morgan fingerprint density at radius 2 is 1.97 bits per heavy atom. The predicted molar refractivity (Wildman–Crippen MR) is 125 cm³/mol. The Morgan fingerprint density at radius 3 is 2.69 bits per heavy atom. The molecule has 1 aliphatic heterocycles. The molecular formula is C25H23FN4OS. The maximum atomic E-state index is 14.0. The van der Waals surface area contributed by atoms with Gasteiger partial charge in [0.15, 0.2) is 5.11 Å². The van der Waals surface area contributed by atoms with Crippen molar-refractivity contribution in [3.63, 3.8) is 0 Å². The second-order valence-electron chi connectivity index (χ2n) is 7.98. The molecule has 0 bridgehead atoms. The SMILES string of the molecule is Cc1cc([C@H]2[C@H](c3ccccn3)NC(=S)N2Cc2ccco2)c(C)n1-c1cccc(F)c1. The number of thiocarbonyl (C=S) groups is 1. The van der Waals surface area contributed by atoms with E-state index in [1.165, 1.54) is 6.07 Å². The van der Waals surface area contributed by atoms with E-state index in [0.717, 1.165) is 34.1 Å². The average Bonchev–Trinajstić information content (AvgIpc) is 3.48. The first-order chi connectivity index (χ1) is 15.5. The molecular weight excluding hydrogens is 423 g/mol. The van der Waals surface area contributed by atoms with Gasteiger partial charge in [0.1, 0.15) is 11.6 Å². The highest BCUT2D eigenvalue weighted by molar-refractivity contribution is 7.80. The Morgan fingerprint density at radius 1 is 1.09 bits per heavy atom. The lowest BCUT2D eigenvalue weighted by molar-refractivity contribution is 0.286. The third-order valence-corrected chi connectivity index (χ3v) is 6.31. The lowest BCUT2D eigenvalue weighted by atomic mass is 9.96. The van der Waals surface area contributed by atoms with Crippen LogP contribution in [0.2, 0.25) is 0 Å². The Bertz CT molecular complexity index is 1250. The van der Waals surface area contributed by atoms with Crippen LogP contribution in [-0.2, 0) is 6.54 Å². The molecule has 0 radical (unpaired) electrons. The molecule has 3 aromatic heterocycles. The van der Waals surface area contributed by atoms with Crippen LogP contribution in [0.3, 0.4) is 0 Å². The van der Waals surface area contributed by atoms with E-state index in [0.29, 0.717) is 11.7 Å². The molecule has 2 atom stereocenters. The van der Waals surface area contributed by atoms with Crippen LogP contribution in [0.4, 0.5) is 4.39 Å². The summed E-state index contributed by atoms with van der Waals surface area (Å²) in [7, 11) is 0. The average molecular weight is 447 g/mol. The van der Waals surface area contributed by atoms with Crippen molar-refractivity contribution in [2.75, 3.05) is 0 Å². The molecule has 162 valence electrons. The quantitative estimate of drug-likeness (QED) is 0.416. The highest BCUT2D eigenvalue weighted by Gasteiger charge is 2.41. The molecule has 0 amide bonds. The van der Waals surface area contributed by atoms with Crippen molar-refractivity contribution in [1.29, 1.82) is 0 Å². The smallest absolute Gasteiger partial charge is 0.170 e. The molecule has 5 rings (SSSR count). The van der Waals surface area contributed by atoms with Crippen molar-refractivity contribution in [1.82, 2.24) is 19.8 Å². The Balaban J connectivity index is 1.63. The summed E-state index contributed by atoms with van der Waals surface area (Å²) < 4.78 is 21.7. The maximum Gasteiger partial charge on any atom is 0.170 e. The molecule has 1 aromatic carbocycles. The van der Waals surface area contributed by atoms with Gasteiger partial charge in [-0.1, -0.05) is 12.1 Å². The van der Waals surface area contributed by atoms with Gasteiger partial charge in [0.2, 0.25) is 0 Å². The summed E-state index contributed by atoms with van der Waals surface area (Å²) in [5.74, 6) is 0.575. The van der Waals surface area contributed by atoms with Crippen molar-refractivity contribution in [2.24, 2.45) is 0 Å². The predicted octanol–water partition coefficient (Wildman–Crippen LogP) is 5.39. The van der Waals surface area contributed by atoms with E-state index < -0.39 is 0 Å². The molecule has 5 nitrogen and oxygen atoms in total. The summed E-state index contributed by atoms with van der Waals surface area (Å²) in [6.45, 7) is 4.64. The van der Waals surface area contributed by atoms with Gasteiger partial charge >= 0.3 is 0 Å². The Labute approximate surface area is 191 Å². The minimum atomic E-state index is -0.258. The molecule has 0 saturated carbocycles. The highest BCUT2D eigenvalue weighted by atomic mass is 32.1. The van der Waals surface area contributed by atoms with Crippen LogP contribution in [0.25, 0.3) is 5.69 Å². The van der Waals surface area contributed by atoms with Crippen LogP contribution in [0.1, 0.15) is 40.5 Å². The standard InChI is InChI=1S/C25H23FN4OS/c1-16-13-21(17(2)30(16)19-8-5-7-18(26)14-19)24-23(22-10-3-4-11-27-22)28-25(32)29(24)15-20-9-6-12-31-20/h3-14,23-24H,15H2,1-2H3,(H,28,32)/t23-,24-/m0/s1. The molecule has 0 unspecified atom stereocenters. The summed E-state index contributed by atoms with van der Waals surface area (Å²) in [5, 5.41) is 4.12. The van der Waals surface area contributed by atoms with Crippen LogP contribution in [0.15, 0.2) is 77.5 Å². The third kappa shape index (κ3) is 3.58. The molecule has 4 aromatic rings. The fourth-order valence-corrected chi connectivity index (χ4v) is 4.89. The van der Waals surface area contributed by atoms with Crippen molar-refractivity contribution in [3.8, 4) is 5.69 Å². The molecule has 1 N–H and O–H groups in total. The van der Waals surface area contributed by atoms with Crippen molar-refractivity contribution in [3.05, 3.63) is 107 Å². The number of aryl methyl sites for hydroxylation is 1. The number of nitrogens with one attached hydrogen (secondary N) is 1. The summed E-state index contributed by atoms with van der Waals surface area (Å²) in [5.41, 5.74) is 4.89. The van der Waals surface area contributed by atoms with Gasteiger partial charge in [-0.15, -0.1) is 0 Å². The number of pyridine rings is 1. The van der Waals surface area contributed by atoms with Gasteiger partial charge in [-0.25, -0.2) is 4.39 Å². The van der Waals surface area contributed by atoms with Crippen molar-refractivity contribution in [2.45, 2.75) is 32.5 Å². The normalized spacial score (nSPS) is 18.2. The van der Waals surface area contributed by atoms with Gasteiger partial charge in [0.05, 0.1) is 30.6 Å². The number of benzene rings is 1. The molecule has 1 saturated heterocycles. The van der Waals surface area contributed by atoms with Crippen LogP contribution in [0.5, 0.6) is 0 Å². The van der Waals surface area contributed by atoms with E-state index in [2.05, 4.69) is 32.8 Å². The number of halogens is 1. The zero-order valence-electron chi connectivity index (χ0n) is 17.8. The second-order valence-corrected chi connectivity index (χ2v) is 8.36. The van der Waals surface area contributed by atoms with Crippen LogP contribution >= 0.6 is 12.2 Å².